The van der Waals surface area contributed by atoms with Gasteiger partial charge in [0.05, 0.1) is 16.9 Å². The lowest BCUT2D eigenvalue weighted by molar-refractivity contribution is -0.113. The van der Waals surface area contributed by atoms with Crippen molar-refractivity contribution in [2.24, 2.45) is 0 Å². The summed E-state index contributed by atoms with van der Waals surface area (Å²) in [5, 5.41) is 11.8. The molecule has 0 unspecified atom stereocenters. The number of nitrogens with zero attached hydrogens (tertiary/aromatic N) is 3. The lowest BCUT2D eigenvalue weighted by atomic mass is 9.95. The Kier molecular flexibility index (Phi) is 7.13. The number of alkyl halides is 2. The van der Waals surface area contributed by atoms with Gasteiger partial charge in [-0.2, -0.15) is 8.78 Å². The number of benzene rings is 1. The van der Waals surface area contributed by atoms with Gasteiger partial charge in [-0.3, -0.25) is 9.36 Å². The Balaban J connectivity index is 1.44. The monoisotopic (exact) mass is 496 g/mol. The first-order valence-electron chi connectivity index (χ1n) is 10.4. The molecule has 2 heterocycles. The first-order chi connectivity index (χ1) is 15.9. The van der Waals surface area contributed by atoms with Crippen molar-refractivity contribution < 1.29 is 26.4 Å². The number of amides is 1. The van der Waals surface area contributed by atoms with E-state index >= 15 is 0 Å². The maximum atomic E-state index is 12.6. The standard InChI is InChI=1S/C21H22F2N4O4S2/c22-20(23)33(29,30)16-10-8-14(9-11-16)24-18(28)13-32-21-26-25-19(17-7-4-12-31-17)27(21)15-5-2-1-3-6-15/h4,7-12,15,20H,1-3,5-6,13H2,(H,24,28). The number of anilines is 1. The molecule has 176 valence electrons. The number of thioether (sulfide) groups is 1. The molecule has 1 amide bonds. The van der Waals surface area contributed by atoms with Gasteiger partial charge in [-0.05, 0) is 49.2 Å². The van der Waals surface area contributed by atoms with Crippen LogP contribution in [0.2, 0.25) is 0 Å². The van der Waals surface area contributed by atoms with Crippen molar-refractivity contribution in [2.45, 2.75) is 54.0 Å². The molecule has 33 heavy (non-hydrogen) atoms. The number of nitrogens with one attached hydrogen (secondary N) is 1. The fourth-order valence-electron chi connectivity index (χ4n) is 3.78. The minimum Gasteiger partial charge on any atom is -0.461 e. The normalized spacial score (nSPS) is 15.1. The van der Waals surface area contributed by atoms with Crippen molar-refractivity contribution >= 4 is 33.2 Å². The van der Waals surface area contributed by atoms with Gasteiger partial charge in [0, 0.05) is 11.7 Å². The van der Waals surface area contributed by atoms with Crippen LogP contribution in [0.1, 0.15) is 38.1 Å². The molecule has 8 nitrogen and oxygen atoms in total. The summed E-state index contributed by atoms with van der Waals surface area (Å²) in [6.07, 6.45) is 6.99. The third-order valence-corrected chi connectivity index (χ3v) is 7.72. The minimum absolute atomic E-state index is 0.0418. The second-order valence-corrected chi connectivity index (χ2v) is 10.5. The molecule has 0 radical (unpaired) electrons. The molecular weight excluding hydrogens is 474 g/mol. The Hall–Kier alpha value is -2.73. The number of sulfone groups is 1. The topological polar surface area (TPSA) is 107 Å². The second-order valence-electron chi connectivity index (χ2n) is 7.61. The van der Waals surface area contributed by atoms with Crippen LogP contribution in [0, 0.1) is 0 Å². The summed E-state index contributed by atoms with van der Waals surface area (Å²) in [5.41, 5.74) is 0.304. The Morgan fingerprint density at radius 2 is 1.88 bits per heavy atom. The zero-order valence-corrected chi connectivity index (χ0v) is 19.1. The summed E-state index contributed by atoms with van der Waals surface area (Å²) < 4.78 is 55.9. The van der Waals surface area contributed by atoms with Gasteiger partial charge in [-0.1, -0.05) is 31.0 Å². The number of halogens is 2. The van der Waals surface area contributed by atoms with Crippen LogP contribution >= 0.6 is 11.8 Å². The maximum Gasteiger partial charge on any atom is 0.341 e. The quantitative estimate of drug-likeness (QED) is 0.448. The molecule has 1 aromatic carbocycles. The van der Waals surface area contributed by atoms with Crippen molar-refractivity contribution in [1.29, 1.82) is 0 Å². The summed E-state index contributed by atoms with van der Waals surface area (Å²) in [6, 6.07) is 8.47. The molecule has 0 aliphatic heterocycles. The van der Waals surface area contributed by atoms with Gasteiger partial charge in [-0.15, -0.1) is 10.2 Å². The maximum absolute atomic E-state index is 12.6. The van der Waals surface area contributed by atoms with Crippen LogP contribution in [0.4, 0.5) is 14.5 Å². The van der Waals surface area contributed by atoms with Crippen LogP contribution < -0.4 is 5.32 Å². The number of rotatable bonds is 8. The van der Waals surface area contributed by atoms with E-state index < -0.39 is 20.5 Å². The fraction of sp³-hybridized carbons (Fsp3) is 0.381. The molecule has 1 N–H and O–H groups in total. The Morgan fingerprint density at radius 3 is 2.52 bits per heavy atom. The summed E-state index contributed by atoms with van der Waals surface area (Å²) in [6.45, 7) is 0. The molecule has 12 heteroatoms. The molecule has 1 aliphatic carbocycles. The molecule has 0 spiro atoms. The van der Waals surface area contributed by atoms with Crippen LogP contribution in [0.15, 0.2) is 57.1 Å². The molecule has 0 saturated heterocycles. The van der Waals surface area contributed by atoms with E-state index in [1.54, 1.807) is 12.3 Å². The Morgan fingerprint density at radius 1 is 1.15 bits per heavy atom. The van der Waals surface area contributed by atoms with Crippen LogP contribution in [-0.4, -0.2) is 40.6 Å². The summed E-state index contributed by atoms with van der Waals surface area (Å²) >= 11 is 1.24. The van der Waals surface area contributed by atoms with Crippen molar-refractivity contribution in [2.75, 3.05) is 11.1 Å². The highest BCUT2D eigenvalue weighted by Gasteiger charge is 2.27. The van der Waals surface area contributed by atoms with E-state index in [1.807, 2.05) is 10.6 Å². The highest BCUT2D eigenvalue weighted by atomic mass is 32.2. The zero-order valence-electron chi connectivity index (χ0n) is 17.5. The van der Waals surface area contributed by atoms with Gasteiger partial charge in [0.1, 0.15) is 0 Å². The van der Waals surface area contributed by atoms with Crippen LogP contribution in [0.25, 0.3) is 11.6 Å². The van der Waals surface area contributed by atoms with Crippen molar-refractivity contribution in [3.8, 4) is 11.6 Å². The number of furan rings is 1. The number of hydrogen-bond donors (Lipinski definition) is 1. The van der Waals surface area contributed by atoms with Crippen molar-refractivity contribution in [3.63, 3.8) is 0 Å². The first-order valence-corrected chi connectivity index (χ1v) is 12.9. The largest absolute Gasteiger partial charge is 0.461 e. The predicted octanol–water partition coefficient (Wildman–Crippen LogP) is 4.77. The van der Waals surface area contributed by atoms with Crippen molar-refractivity contribution in [3.05, 3.63) is 42.7 Å². The Bertz CT molecular complexity index is 1190. The van der Waals surface area contributed by atoms with E-state index in [4.69, 9.17) is 4.42 Å². The molecule has 1 saturated carbocycles. The van der Waals surface area contributed by atoms with E-state index in [0.29, 0.717) is 22.4 Å². The average Bonchev–Trinajstić information content (AvgIpc) is 3.48. The highest BCUT2D eigenvalue weighted by molar-refractivity contribution is 7.99. The molecule has 1 fully saturated rings. The van der Waals surface area contributed by atoms with E-state index in [9.17, 15) is 22.0 Å². The fourth-order valence-corrected chi connectivity index (χ4v) is 5.30. The van der Waals surface area contributed by atoms with E-state index in [0.717, 1.165) is 37.8 Å². The minimum atomic E-state index is -4.68. The molecule has 4 rings (SSSR count). The van der Waals surface area contributed by atoms with Gasteiger partial charge < -0.3 is 9.73 Å². The van der Waals surface area contributed by atoms with Gasteiger partial charge in [-0.25, -0.2) is 8.42 Å². The SMILES string of the molecule is O=C(CSc1nnc(-c2ccco2)n1C1CCCCC1)Nc1ccc(S(=O)(=O)C(F)F)cc1. The summed E-state index contributed by atoms with van der Waals surface area (Å²) in [5.74, 6) is -2.56. The van der Waals surface area contributed by atoms with Crippen LogP contribution in [0.3, 0.4) is 0 Å². The third kappa shape index (κ3) is 5.27. The van der Waals surface area contributed by atoms with Crippen LogP contribution in [0.5, 0.6) is 0 Å². The van der Waals surface area contributed by atoms with Crippen LogP contribution in [-0.2, 0) is 14.6 Å². The van der Waals surface area contributed by atoms with Gasteiger partial charge in [0.25, 0.3) is 0 Å². The Labute approximate surface area is 193 Å². The lowest BCUT2D eigenvalue weighted by Crippen LogP contribution is -2.17. The van der Waals surface area contributed by atoms with Crippen molar-refractivity contribution in [1.82, 2.24) is 14.8 Å². The molecule has 3 aromatic rings. The number of carbonyl (C=O) groups excluding carboxylic acids is 1. The predicted molar refractivity (Wildman–Crippen MR) is 119 cm³/mol. The highest BCUT2D eigenvalue weighted by Crippen LogP contribution is 2.35. The third-order valence-electron chi connectivity index (χ3n) is 5.38. The number of carbonyl (C=O) groups is 1. The average molecular weight is 497 g/mol. The van der Waals surface area contributed by atoms with Gasteiger partial charge >= 0.3 is 5.76 Å². The summed E-state index contributed by atoms with van der Waals surface area (Å²) in [7, 11) is -4.68. The molecule has 1 aliphatic rings. The smallest absolute Gasteiger partial charge is 0.341 e. The molecule has 2 aromatic heterocycles. The molecule has 0 bridgehead atoms. The first kappa shape index (κ1) is 23.4. The van der Waals surface area contributed by atoms with Gasteiger partial charge in [0.15, 0.2) is 10.9 Å². The van der Waals surface area contributed by atoms with E-state index in [-0.39, 0.29) is 17.7 Å². The lowest BCUT2D eigenvalue weighted by Gasteiger charge is -2.25. The van der Waals surface area contributed by atoms with Gasteiger partial charge in [0.2, 0.25) is 21.6 Å². The summed E-state index contributed by atoms with van der Waals surface area (Å²) in [4.78, 5) is 11.9. The van der Waals surface area contributed by atoms with E-state index in [1.165, 1.54) is 30.3 Å². The number of hydrogen-bond acceptors (Lipinski definition) is 7. The second kappa shape index (κ2) is 10.0. The number of aromatic nitrogens is 3. The zero-order chi connectivity index (χ0) is 23.4. The van der Waals surface area contributed by atoms with E-state index in [2.05, 4.69) is 15.5 Å². The molecular formula is C21H22F2N4O4S2. The molecule has 0 atom stereocenters.